The standard InChI is InChI=1S/C16H20N2O3/c1-2-7-19-8-3-5-17-16-13-10-15-14(20-11-21-15)9-12(13)4-6-18-16/h4,6,9-10H,2-3,5,7-8,11H2,1H3,(H,17,18). The second-order valence-electron chi connectivity index (χ2n) is 4.98. The van der Waals surface area contributed by atoms with Gasteiger partial charge in [0, 0.05) is 31.3 Å². The maximum atomic E-state index is 5.47. The first kappa shape index (κ1) is 13.9. The van der Waals surface area contributed by atoms with Gasteiger partial charge in [-0.25, -0.2) is 4.98 Å². The van der Waals surface area contributed by atoms with Crippen molar-refractivity contribution < 1.29 is 14.2 Å². The molecule has 2 heterocycles. The quantitative estimate of drug-likeness (QED) is 0.793. The normalized spacial score (nSPS) is 12.8. The summed E-state index contributed by atoms with van der Waals surface area (Å²) in [4.78, 5) is 4.42. The fourth-order valence-electron chi connectivity index (χ4n) is 2.33. The molecule has 0 amide bonds. The first-order valence-electron chi connectivity index (χ1n) is 7.38. The lowest BCUT2D eigenvalue weighted by atomic mass is 10.1. The van der Waals surface area contributed by atoms with Crippen molar-refractivity contribution in [2.45, 2.75) is 19.8 Å². The fraction of sp³-hybridized carbons (Fsp3) is 0.438. The lowest BCUT2D eigenvalue weighted by Gasteiger charge is -2.09. The van der Waals surface area contributed by atoms with Crippen LogP contribution in [-0.2, 0) is 4.74 Å². The smallest absolute Gasteiger partial charge is 0.231 e. The second kappa shape index (κ2) is 6.63. The molecule has 0 radical (unpaired) electrons. The van der Waals surface area contributed by atoms with Crippen LogP contribution in [0.4, 0.5) is 5.82 Å². The van der Waals surface area contributed by atoms with Gasteiger partial charge < -0.3 is 19.5 Å². The number of ether oxygens (including phenoxy) is 3. The first-order valence-corrected chi connectivity index (χ1v) is 7.38. The Hall–Kier alpha value is -2.01. The predicted octanol–water partition coefficient (Wildman–Crippen LogP) is 3.19. The Morgan fingerprint density at radius 3 is 2.95 bits per heavy atom. The molecule has 1 aliphatic rings. The van der Waals surface area contributed by atoms with Crippen molar-refractivity contribution in [2.75, 3.05) is 31.9 Å². The molecule has 0 bridgehead atoms. The van der Waals surface area contributed by atoms with Gasteiger partial charge in [-0.1, -0.05) is 6.92 Å². The van der Waals surface area contributed by atoms with E-state index >= 15 is 0 Å². The molecule has 1 aromatic carbocycles. The average Bonchev–Trinajstić information content (AvgIpc) is 2.96. The van der Waals surface area contributed by atoms with Crippen LogP contribution in [0.15, 0.2) is 24.4 Å². The third-order valence-corrected chi connectivity index (χ3v) is 3.36. The van der Waals surface area contributed by atoms with Crippen LogP contribution < -0.4 is 14.8 Å². The molecule has 5 nitrogen and oxygen atoms in total. The monoisotopic (exact) mass is 288 g/mol. The van der Waals surface area contributed by atoms with Gasteiger partial charge in [0.05, 0.1) is 0 Å². The van der Waals surface area contributed by atoms with Crippen molar-refractivity contribution in [3.05, 3.63) is 24.4 Å². The van der Waals surface area contributed by atoms with Gasteiger partial charge in [-0.15, -0.1) is 0 Å². The summed E-state index contributed by atoms with van der Waals surface area (Å²) in [6, 6.07) is 5.96. The molecule has 0 spiro atoms. The lowest BCUT2D eigenvalue weighted by molar-refractivity contribution is 0.134. The number of aromatic nitrogens is 1. The van der Waals surface area contributed by atoms with Crippen molar-refractivity contribution in [2.24, 2.45) is 0 Å². The molecule has 0 saturated heterocycles. The van der Waals surface area contributed by atoms with E-state index in [1.54, 1.807) is 6.20 Å². The molecule has 1 N–H and O–H groups in total. The van der Waals surface area contributed by atoms with Crippen LogP contribution in [0.25, 0.3) is 10.8 Å². The summed E-state index contributed by atoms with van der Waals surface area (Å²) in [7, 11) is 0. The number of rotatable bonds is 7. The molecule has 3 rings (SSSR count). The van der Waals surface area contributed by atoms with Crippen LogP contribution in [0.2, 0.25) is 0 Å². The largest absolute Gasteiger partial charge is 0.454 e. The Morgan fingerprint density at radius 2 is 2.10 bits per heavy atom. The Balaban J connectivity index is 1.67. The minimum absolute atomic E-state index is 0.288. The predicted molar refractivity (Wildman–Crippen MR) is 82.1 cm³/mol. The van der Waals surface area contributed by atoms with Crippen LogP contribution in [-0.4, -0.2) is 31.5 Å². The highest BCUT2D eigenvalue weighted by Gasteiger charge is 2.15. The first-order chi connectivity index (χ1) is 10.4. The van der Waals surface area contributed by atoms with Gasteiger partial charge >= 0.3 is 0 Å². The number of nitrogens with one attached hydrogen (secondary N) is 1. The molecule has 21 heavy (non-hydrogen) atoms. The molecular weight excluding hydrogens is 268 g/mol. The van der Waals surface area contributed by atoms with E-state index in [0.29, 0.717) is 0 Å². The molecule has 1 aliphatic heterocycles. The molecule has 5 heteroatoms. The molecular formula is C16H20N2O3. The highest BCUT2D eigenvalue weighted by Crippen LogP contribution is 2.37. The third-order valence-electron chi connectivity index (χ3n) is 3.36. The lowest BCUT2D eigenvalue weighted by Crippen LogP contribution is -2.07. The van der Waals surface area contributed by atoms with Gasteiger partial charge in [0.2, 0.25) is 6.79 Å². The number of hydrogen-bond donors (Lipinski definition) is 1. The van der Waals surface area contributed by atoms with Crippen LogP contribution in [0.3, 0.4) is 0 Å². The Labute approximate surface area is 124 Å². The molecule has 0 unspecified atom stereocenters. The fourth-order valence-corrected chi connectivity index (χ4v) is 2.33. The van der Waals surface area contributed by atoms with Gasteiger partial charge in [0.25, 0.3) is 0 Å². The van der Waals surface area contributed by atoms with Crippen LogP contribution in [0.5, 0.6) is 11.5 Å². The molecule has 112 valence electrons. The van der Waals surface area contributed by atoms with Crippen molar-refractivity contribution in [1.29, 1.82) is 0 Å². The SMILES string of the molecule is CCCOCCCNc1nccc2cc3c(cc12)OCO3. The molecule has 0 atom stereocenters. The van der Waals surface area contributed by atoms with Crippen molar-refractivity contribution in [3.8, 4) is 11.5 Å². The van der Waals surface area contributed by atoms with Crippen LogP contribution in [0, 0.1) is 0 Å². The van der Waals surface area contributed by atoms with E-state index in [9.17, 15) is 0 Å². The van der Waals surface area contributed by atoms with Crippen molar-refractivity contribution in [1.82, 2.24) is 4.98 Å². The summed E-state index contributed by atoms with van der Waals surface area (Å²) in [5, 5.41) is 5.52. The van der Waals surface area contributed by atoms with E-state index in [0.717, 1.165) is 60.7 Å². The summed E-state index contributed by atoms with van der Waals surface area (Å²) in [6.45, 7) is 4.84. The van der Waals surface area contributed by atoms with Crippen LogP contribution >= 0.6 is 0 Å². The highest BCUT2D eigenvalue weighted by molar-refractivity contribution is 5.94. The maximum absolute atomic E-state index is 5.47. The van der Waals surface area contributed by atoms with Gasteiger partial charge in [-0.05, 0) is 36.4 Å². The highest BCUT2D eigenvalue weighted by atomic mass is 16.7. The molecule has 0 saturated carbocycles. The number of benzene rings is 1. The summed E-state index contributed by atoms with van der Waals surface area (Å²) < 4.78 is 16.3. The number of fused-ring (bicyclic) bond motifs is 2. The maximum Gasteiger partial charge on any atom is 0.231 e. The van der Waals surface area contributed by atoms with Crippen molar-refractivity contribution in [3.63, 3.8) is 0 Å². The van der Waals surface area contributed by atoms with Gasteiger partial charge in [-0.2, -0.15) is 0 Å². The summed E-state index contributed by atoms with van der Waals surface area (Å²) in [5.74, 6) is 2.46. The zero-order valence-electron chi connectivity index (χ0n) is 12.2. The van der Waals surface area contributed by atoms with Gasteiger partial charge in [0.1, 0.15) is 5.82 Å². The van der Waals surface area contributed by atoms with E-state index in [1.165, 1.54) is 0 Å². The molecule has 2 aromatic rings. The second-order valence-corrected chi connectivity index (χ2v) is 4.98. The van der Waals surface area contributed by atoms with E-state index in [-0.39, 0.29) is 6.79 Å². The number of nitrogens with zero attached hydrogens (tertiary/aromatic N) is 1. The number of anilines is 1. The molecule has 0 aliphatic carbocycles. The van der Waals surface area contributed by atoms with E-state index in [2.05, 4.69) is 17.2 Å². The van der Waals surface area contributed by atoms with E-state index in [1.807, 2.05) is 18.2 Å². The number of pyridine rings is 1. The average molecular weight is 288 g/mol. The van der Waals surface area contributed by atoms with Gasteiger partial charge in [-0.3, -0.25) is 0 Å². The van der Waals surface area contributed by atoms with Gasteiger partial charge in [0.15, 0.2) is 11.5 Å². The molecule has 1 aromatic heterocycles. The summed E-state index contributed by atoms with van der Waals surface area (Å²) in [5.41, 5.74) is 0. The van der Waals surface area contributed by atoms with Crippen molar-refractivity contribution >= 4 is 16.6 Å². The Morgan fingerprint density at radius 1 is 1.24 bits per heavy atom. The van der Waals surface area contributed by atoms with Crippen LogP contribution in [0.1, 0.15) is 19.8 Å². The summed E-state index contributed by atoms with van der Waals surface area (Å²) in [6.07, 6.45) is 3.83. The number of hydrogen-bond acceptors (Lipinski definition) is 5. The topological polar surface area (TPSA) is 52.6 Å². The molecule has 0 fully saturated rings. The zero-order chi connectivity index (χ0) is 14.5. The summed E-state index contributed by atoms with van der Waals surface area (Å²) >= 11 is 0. The Kier molecular flexibility index (Phi) is 4.40. The van der Waals surface area contributed by atoms with E-state index < -0.39 is 0 Å². The zero-order valence-corrected chi connectivity index (χ0v) is 12.2. The minimum atomic E-state index is 0.288. The Bertz CT molecular complexity index is 616. The third kappa shape index (κ3) is 3.19. The minimum Gasteiger partial charge on any atom is -0.454 e. The van der Waals surface area contributed by atoms with E-state index in [4.69, 9.17) is 14.2 Å².